The minimum atomic E-state index is 0.800. The molecule has 0 aromatic heterocycles. The van der Waals surface area contributed by atoms with Gasteiger partial charge in [-0.15, -0.1) is 0 Å². The lowest BCUT2D eigenvalue weighted by atomic mass is 10.2. The van der Waals surface area contributed by atoms with Crippen LogP contribution in [0.1, 0.15) is 5.56 Å². The molecule has 0 aliphatic carbocycles. The third-order valence-corrected chi connectivity index (χ3v) is 4.98. The highest BCUT2D eigenvalue weighted by Gasteiger charge is 2.20. The molecule has 3 rings (SSSR count). The SMILES string of the molecule is COc1ccc(NC(=S)N2CC[NH+](C/C=C/c3ccccc3)CC2)cc1. The lowest BCUT2D eigenvalue weighted by molar-refractivity contribution is -0.897. The summed E-state index contributed by atoms with van der Waals surface area (Å²) in [4.78, 5) is 3.85. The van der Waals surface area contributed by atoms with Crippen molar-refractivity contribution >= 4 is 29.1 Å². The van der Waals surface area contributed by atoms with E-state index >= 15 is 0 Å². The van der Waals surface area contributed by atoms with Gasteiger partial charge in [-0.05, 0) is 48.1 Å². The van der Waals surface area contributed by atoms with E-state index in [-0.39, 0.29) is 0 Å². The summed E-state index contributed by atoms with van der Waals surface area (Å²) >= 11 is 5.57. The largest absolute Gasteiger partial charge is 0.497 e. The molecule has 1 saturated heterocycles. The minimum Gasteiger partial charge on any atom is -0.497 e. The molecule has 0 saturated carbocycles. The molecule has 0 spiro atoms. The lowest BCUT2D eigenvalue weighted by Gasteiger charge is -2.33. The Kier molecular flexibility index (Phi) is 6.63. The van der Waals surface area contributed by atoms with E-state index in [1.54, 1.807) is 12.0 Å². The fraction of sp³-hybridized carbons (Fsp3) is 0.286. The molecule has 26 heavy (non-hydrogen) atoms. The molecule has 4 nitrogen and oxygen atoms in total. The molecule has 0 amide bonds. The second kappa shape index (κ2) is 9.36. The van der Waals surface area contributed by atoms with E-state index in [0.29, 0.717) is 0 Å². The van der Waals surface area contributed by atoms with Crippen LogP contribution in [0.15, 0.2) is 60.7 Å². The van der Waals surface area contributed by atoms with Crippen LogP contribution >= 0.6 is 12.2 Å². The lowest BCUT2D eigenvalue weighted by Crippen LogP contribution is -3.14. The zero-order valence-corrected chi connectivity index (χ0v) is 16.0. The van der Waals surface area contributed by atoms with E-state index in [1.165, 1.54) is 5.56 Å². The van der Waals surface area contributed by atoms with Crippen LogP contribution in [-0.4, -0.2) is 49.8 Å². The quantitative estimate of drug-likeness (QED) is 0.793. The molecular weight excluding hydrogens is 342 g/mol. The molecule has 1 fully saturated rings. The Morgan fingerprint density at radius 2 is 1.81 bits per heavy atom. The van der Waals surface area contributed by atoms with Gasteiger partial charge >= 0.3 is 0 Å². The summed E-state index contributed by atoms with van der Waals surface area (Å²) in [5.41, 5.74) is 2.26. The minimum absolute atomic E-state index is 0.800. The maximum atomic E-state index is 5.57. The van der Waals surface area contributed by atoms with Crippen molar-refractivity contribution in [1.29, 1.82) is 0 Å². The number of hydrogen-bond donors (Lipinski definition) is 2. The Labute approximate surface area is 161 Å². The van der Waals surface area contributed by atoms with Crippen LogP contribution in [0.2, 0.25) is 0 Å². The van der Waals surface area contributed by atoms with Gasteiger partial charge in [-0.3, -0.25) is 0 Å². The van der Waals surface area contributed by atoms with Crippen molar-refractivity contribution in [1.82, 2.24) is 4.90 Å². The molecule has 0 unspecified atom stereocenters. The van der Waals surface area contributed by atoms with E-state index in [2.05, 4.69) is 46.6 Å². The van der Waals surface area contributed by atoms with Gasteiger partial charge in [0.05, 0.1) is 39.8 Å². The third kappa shape index (κ3) is 5.31. The number of nitrogens with zero attached hydrogens (tertiary/aromatic N) is 1. The summed E-state index contributed by atoms with van der Waals surface area (Å²) in [5.74, 6) is 0.849. The van der Waals surface area contributed by atoms with Crippen LogP contribution < -0.4 is 15.0 Å². The summed E-state index contributed by atoms with van der Waals surface area (Å²) in [6, 6.07) is 18.3. The zero-order valence-electron chi connectivity index (χ0n) is 15.2. The van der Waals surface area contributed by atoms with E-state index in [9.17, 15) is 0 Å². The van der Waals surface area contributed by atoms with Gasteiger partial charge < -0.3 is 19.9 Å². The maximum Gasteiger partial charge on any atom is 0.173 e. The van der Waals surface area contributed by atoms with E-state index in [1.807, 2.05) is 30.3 Å². The van der Waals surface area contributed by atoms with E-state index in [0.717, 1.165) is 49.3 Å². The van der Waals surface area contributed by atoms with Gasteiger partial charge in [0.15, 0.2) is 5.11 Å². The van der Waals surface area contributed by atoms with Gasteiger partial charge in [-0.25, -0.2) is 0 Å². The monoisotopic (exact) mass is 368 g/mol. The van der Waals surface area contributed by atoms with Gasteiger partial charge in [-0.2, -0.15) is 0 Å². The number of nitrogens with one attached hydrogen (secondary N) is 2. The molecule has 0 radical (unpaired) electrons. The Hall–Kier alpha value is -2.37. The van der Waals surface area contributed by atoms with Gasteiger partial charge in [0.1, 0.15) is 5.75 Å². The molecule has 1 heterocycles. The molecule has 2 aromatic carbocycles. The smallest absolute Gasteiger partial charge is 0.173 e. The summed E-state index contributed by atoms with van der Waals surface area (Å²) < 4.78 is 5.18. The van der Waals surface area contributed by atoms with Crippen LogP contribution in [-0.2, 0) is 0 Å². The molecule has 1 aliphatic heterocycles. The summed E-state index contributed by atoms with van der Waals surface area (Å²) in [6.45, 7) is 5.22. The van der Waals surface area contributed by atoms with Crippen molar-refractivity contribution in [2.75, 3.05) is 45.2 Å². The number of methoxy groups -OCH3 is 1. The molecule has 5 heteroatoms. The second-order valence-corrected chi connectivity index (χ2v) is 6.80. The first-order valence-corrected chi connectivity index (χ1v) is 9.40. The number of piperazine rings is 1. The highest BCUT2D eigenvalue weighted by atomic mass is 32.1. The number of thiocarbonyl (C=S) groups is 1. The van der Waals surface area contributed by atoms with Crippen molar-refractivity contribution in [3.63, 3.8) is 0 Å². The van der Waals surface area contributed by atoms with Crippen molar-refractivity contribution in [2.45, 2.75) is 0 Å². The molecule has 0 atom stereocenters. The topological polar surface area (TPSA) is 28.9 Å². The fourth-order valence-electron chi connectivity index (χ4n) is 3.03. The number of quaternary nitrogens is 1. The average Bonchev–Trinajstić information content (AvgIpc) is 2.70. The van der Waals surface area contributed by atoms with Crippen molar-refractivity contribution in [3.8, 4) is 5.75 Å². The first-order chi connectivity index (χ1) is 12.7. The van der Waals surface area contributed by atoms with Gasteiger partial charge in [-0.1, -0.05) is 36.4 Å². The number of benzene rings is 2. The normalized spacial score (nSPS) is 15.2. The van der Waals surface area contributed by atoms with Crippen LogP contribution in [0, 0.1) is 0 Å². The number of hydrogen-bond acceptors (Lipinski definition) is 2. The van der Waals surface area contributed by atoms with Gasteiger partial charge in [0, 0.05) is 5.69 Å². The predicted molar refractivity (Wildman–Crippen MR) is 112 cm³/mol. The highest BCUT2D eigenvalue weighted by Crippen LogP contribution is 2.15. The van der Waals surface area contributed by atoms with Crippen molar-refractivity contribution in [2.24, 2.45) is 0 Å². The highest BCUT2D eigenvalue weighted by molar-refractivity contribution is 7.80. The molecule has 0 bridgehead atoms. The molecule has 1 aliphatic rings. The van der Waals surface area contributed by atoms with Crippen LogP contribution in [0.3, 0.4) is 0 Å². The maximum absolute atomic E-state index is 5.57. The van der Waals surface area contributed by atoms with E-state index in [4.69, 9.17) is 17.0 Å². The van der Waals surface area contributed by atoms with Crippen molar-refractivity contribution in [3.05, 3.63) is 66.2 Å². The molecule has 2 aromatic rings. The fourth-order valence-corrected chi connectivity index (χ4v) is 3.33. The van der Waals surface area contributed by atoms with Crippen LogP contribution in [0.25, 0.3) is 6.08 Å². The summed E-state index contributed by atoms with van der Waals surface area (Å²) in [5, 5.41) is 4.12. The third-order valence-electron chi connectivity index (χ3n) is 4.62. The number of ether oxygens (including phenoxy) is 1. The van der Waals surface area contributed by atoms with Crippen molar-refractivity contribution < 1.29 is 9.64 Å². The first-order valence-electron chi connectivity index (χ1n) is 9.00. The summed E-state index contributed by atoms with van der Waals surface area (Å²) in [6.07, 6.45) is 4.48. The summed E-state index contributed by atoms with van der Waals surface area (Å²) in [7, 11) is 1.67. The molecular formula is C21H26N3OS+. The zero-order chi connectivity index (χ0) is 18.2. The molecule has 2 N–H and O–H groups in total. The Morgan fingerprint density at radius 1 is 1.12 bits per heavy atom. The van der Waals surface area contributed by atoms with Gasteiger partial charge in [0.2, 0.25) is 0 Å². The second-order valence-electron chi connectivity index (χ2n) is 6.41. The average molecular weight is 369 g/mol. The standard InChI is InChI=1S/C21H25N3OS/c1-25-20-11-9-19(10-12-20)22-21(26)24-16-14-23(15-17-24)13-5-8-18-6-3-2-4-7-18/h2-12H,13-17H2,1H3,(H,22,26)/p+1/b8-5+. The number of rotatable bonds is 5. The molecule has 136 valence electrons. The predicted octanol–water partition coefficient (Wildman–Crippen LogP) is 2.31. The first kappa shape index (κ1) is 18.4. The van der Waals surface area contributed by atoms with Gasteiger partial charge in [0.25, 0.3) is 0 Å². The van der Waals surface area contributed by atoms with Crippen LogP contribution in [0.4, 0.5) is 5.69 Å². The Balaban J connectivity index is 1.42. The Morgan fingerprint density at radius 3 is 2.46 bits per heavy atom. The van der Waals surface area contributed by atoms with E-state index < -0.39 is 0 Å². The number of anilines is 1. The Bertz CT molecular complexity index is 723. The van der Waals surface area contributed by atoms with Crippen LogP contribution in [0.5, 0.6) is 5.75 Å².